The van der Waals surface area contributed by atoms with Crippen molar-refractivity contribution in [2.45, 2.75) is 38.7 Å². The number of hydrogen-bond donors (Lipinski definition) is 1. The van der Waals surface area contributed by atoms with E-state index in [4.69, 9.17) is 9.47 Å². The molecule has 1 aromatic rings. The minimum absolute atomic E-state index is 0.132. The second-order valence-corrected chi connectivity index (χ2v) is 6.28. The van der Waals surface area contributed by atoms with Gasteiger partial charge in [-0.3, -0.25) is 0 Å². The van der Waals surface area contributed by atoms with Gasteiger partial charge in [0.15, 0.2) is 11.5 Å². The van der Waals surface area contributed by atoms with Crippen LogP contribution in [0.1, 0.15) is 32.6 Å². The van der Waals surface area contributed by atoms with Gasteiger partial charge in [-0.15, -0.1) is 0 Å². The van der Waals surface area contributed by atoms with Gasteiger partial charge in [0, 0.05) is 6.54 Å². The summed E-state index contributed by atoms with van der Waals surface area (Å²) in [6.45, 7) is 5.01. The highest BCUT2D eigenvalue weighted by atomic mass is 16.6. The van der Waals surface area contributed by atoms with Crippen LogP contribution in [0.4, 0.5) is 0 Å². The fourth-order valence-electron chi connectivity index (χ4n) is 3.15. The van der Waals surface area contributed by atoms with Crippen molar-refractivity contribution in [2.24, 2.45) is 11.8 Å². The van der Waals surface area contributed by atoms with Gasteiger partial charge in [0.05, 0.1) is 0 Å². The molecule has 1 fully saturated rings. The van der Waals surface area contributed by atoms with Gasteiger partial charge in [-0.25, -0.2) is 0 Å². The van der Waals surface area contributed by atoms with Crippen molar-refractivity contribution in [1.82, 2.24) is 5.32 Å². The lowest BCUT2D eigenvalue weighted by atomic mass is 9.83. The van der Waals surface area contributed by atoms with E-state index in [1.165, 1.54) is 25.7 Å². The highest BCUT2D eigenvalue weighted by Crippen LogP contribution is 2.31. The third kappa shape index (κ3) is 3.45. The van der Waals surface area contributed by atoms with Crippen LogP contribution in [0.15, 0.2) is 24.3 Å². The second kappa shape index (κ2) is 6.49. The molecule has 1 unspecified atom stereocenters. The summed E-state index contributed by atoms with van der Waals surface area (Å²) >= 11 is 0. The van der Waals surface area contributed by atoms with E-state index in [0.717, 1.165) is 36.4 Å². The van der Waals surface area contributed by atoms with Crippen LogP contribution >= 0.6 is 0 Å². The van der Waals surface area contributed by atoms with Crippen molar-refractivity contribution in [3.8, 4) is 11.5 Å². The Balaban J connectivity index is 1.40. The minimum Gasteiger partial charge on any atom is -0.486 e. The molecule has 1 saturated carbocycles. The van der Waals surface area contributed by atoms with Crippen LogP contribution in [0, 0.1) is 11.8 Å². The molecule has 1 aliphatic heterocycles. The summed E-state index contributed by atoms with van der Waals surface area (Å²) in [5.74, 6) is 3.52. The van der Waals surface area contributed by atoms with Gasteiger partial charge in [0.25, 0.3) is 0 Å². The zero-order chi connectivity index (χ0) is 13.8. The van der Waals surface area contributed by atoms with Crippen LogP contribution in [-0.4, -0.2) is 25.8 Å². The lowest BCUT2D eigenvalue weighted by Crippen LogP contribution is -2.40. The number of fused-ring (bicyclic) bond motifs is 1. The largest absolute Gasteiger partial charge is 0.486 e. The first kappa shape index (κ1) is 13.7. The van der Waals surface area contributed by atoms with Crippen LogP contribution in [0.2, 0.25) is 0 Å². The standard InChI is InChI=1S/C17H25NO2/c1-13-6-8-14(9-7-13)10-18-11-15-12-19-16-4-2-3-5-17(16)20-15/h2-5,13-15,18H,6-12H2,1H3. The van der Waals surface area contributed by atoms with E-state index >= 15 is 0 Å². The van der Waals surface area contributed by atoms with E-state index in [1.807, 2.05) is 24.3 Å². The van der Waals surface area contributed by atoms with Crippen molar-refractivity contribution in [1.29, 1.82) is 0 Å². The topological polar surface area (TPSA) is 30.5 Å². The van der Waals surface area contributed by atoms with E-state index in [2.05, 4.69) is 12.2 Å². The van der Waals surface area contributed by atoms with Gasteiger partial charge in [-0.2, -0.15) is 0 Å². The Morgan fingerprint density at radius 3 is 2.60 bits per heavy atom. The third-order valence-electron chi connectivity index (χ3n) is 4.51. The van der Waals surface area contributed by atoms with Gasteiger partial charge >= 0.3 is 0 Å². The average Bonchev–Trinajstić information content (AvgIpc) is 2.49. The van der Waals surface area contributed by atoms with Crippen LogP contribution in [0.5, 0.6) is 11.5 Å². The summed E-state index contributed by atoms with van der Waals surface area (Å²) in [5.41, 5.74) is 0. The molecule has 3 heteroatoms. The average molecular weight is 275 g/mol. The predicted molar refractivity (Wildman–Crippen MR) is 80.3 cm³/mol. The van der Waals surface area contributed by atoms with Crippen LogP contribution in [0.3, 0.4) is 0 Å². The highest BCUT2D eigenvalue weighted by Gasteiger charge is 2.21. The molecule has 2 aliphatic rings. The minimum atomic E-state index is 0.132. The molecule has 1 heterocycles. The molecule has 1 aliphatic carbocycles. The Hall–Kier alpha value is -1.22. The van der Waals surface area contributed by atoms with E-state index < -0.39 is 0 Å². The maximum Gasteiger partial charge on any atom is 0.161 e. The van der Waals surface area contributed by atoms with Crippen molar-refractivity contribution in [3.63, 3.8) is 0 Å². The number of ether oxygens (including phenoxy) is 2. The number of nitrogens with one attached hydrogen (secondary N) is 1. The lowest BCUT2D eigenvalue weighted by Gasteiger charge is -2.29. The molecule has 0 bridgehead atoms. The number of hydrogen-bond acceptors (Lipinski definition) is 3. The van der Waals surface area contributed by atoms with E-state index in [1.54, 1.807) is 0 Å². The maximum absolute atomic E-state index is 5.95. The molecule has 0 aromatic heterocycles. The Morgan fingerprint density at radius 2 is 1.80 bits per heavy atom. The number of para-hydroxylation sites is 2. The molecular formula is C17H25NO2. The maximum atomic E-state index is 5.95. The normalized spacial score (nSPS) is 29.1. The Labute approximate surface area is 121 Å². The highest BCUT2D eigenvalue weighted by molar-refractivity contribution is 5.40. The van der Waals surface area contributed by atoms with Gasteiger partial charge in [-0.05, 0) is 43.4 Å². The molecule has 0 spiro atoms. The zero-order valence-electron chi connectivity index (χ0n) is 12.3. The van der Waals surface area contributed by atoms with Crippen molar-refractivity contribution >= 4 is 0 Å². The predicted octanol–water partition coefficient (Wildman–Crippen LogP) is 3.24. The van der Waals surface area contributed by atoms with Gasteiger partial charge in [0.2, 0.25) is 0 Å². The smallest absolute Gasteiger partial charge is 0.161 e. The molecule has 1 aromatic carbocycles. The van der Waals surface area contributed by atoms with Gasteiger partial charge in [0.1, 0.15) is 12.7 Å². The summed E-state index contributed by atoms with van der Waals surface area (Å²) in [4.78, 5) is 0. The van der Waals surface area contributed by atoms with Crippen molar-refractivity contribution < 1.29 is 9.47 Å². The summed E-state index contributed by atoms with van der Waals surface area (Å²) in [6, 6.07) is 7.90. The first-order valence-electron chi connectivity index (χ1n) is 7.90. The molecule has 110 valence electrons. The summed E-state index contributed by atoms with van der Waals surface area (Å²) < 4.78 is 11.7. The quantitative estimate of drug-likeness (QED) is 0.915. The summed E-state index contributed by atoms with van der Waals surface area (Å²) in [7, 11) is 0. The van der Waals surface area contributed by atoms with E-state index in [-0.39, 0.29) is 6.10 Å². The summed E-state index contributed by atoms with van der Waals surface area (Å²) in [5, 5.41) is 3.57. The summed E-state index contributed by atoms with van der Waals surface area (Å²) in [6.07, 6.45) is 5.66. The lowest BCUT2D eigenvalue weighted by molar-refractivity contribution is 0.0890. The molecular weight excluding hydrogens is 250 g/mol. The first-order chi connectivity index (χ1) is 9.81. The molecule has 1 N–H and O–H groups in total. The Kier molecular flexibility index (Phi) is 4.46. The van der Waals surface area contributed by atoms with Crippen LogP contribution < -0.4 is 14.8 Å². The molecule has 1 atom stereocenters. The molecule has 3 nitrogen and oxygen atoms in total. The van der Waals surface area contributed by atoms with Crippen molar-refractivity contribution in [3.05, 3.63) is 24.3 Å². The molecule has 0 radical (unpaired) electrons. The van der Waals surface area contributed by atoms with E-state index in [0.29, 0.717) is 6.61 Å². The van der Waals surface area contributed by atoms with Crippen LogP contribution in [0.25, 0.3) is 0 Å². The second-order valence-electron chi connectivity index (χ2n) is 6.28. The third-order valence-corrected chi connectivity index (χ3v) is 4.51. The first-order valence-corrected chi connectivity index (χ1v) is 7.90. The zero-order valence-corrected chi connectivity index (χ0v) is 12.3. The number of benzene rings is 1. The van der Waals surface area contributed by atoms with Crippen LogP contribution in [-0.2, 0) is 0 Å². The van der Waals surface area contributed by atoms with Crippen molar-refractivity contribution in [2.75, 3.05) is 19.7 Å². The monoisotopic (exact) mass is 275 g/mol. The Morgan fingerprint density at radius 1 is 1.05 bits per heavy atom. The SMILES string of the molecule is CC1CCC(CNCC2COc3ccccc3O2)CC1. The molecule has 20 heavy (non-hydrogen) atoms. The van der Waals surface area contributed by atoms with Gasteiger partial charge in [-0.1, -0.05) is 31.9 Å². The fourth-order valence-corrected chi connectivity index (χ4v) is 3.15. The fraction of sp³-hybridized carbons (Fsp3) is 0.647. The number of rotatable bonds is 4. The molecule has 3 rings (SSSR count). The van der Waals surface area contributed by atoms with E-state index in [9.17, 15) is 0 Å². The molecule has 0 amide bonds. The Bertz CT molecular complexity index is 427. The molecule has 0 saturated heterocycles. The van der Waals surface area contributed by atoms with Gasteiger partial charge < -0.3 is 14.8 Å².